The molecule has 0 atom stereocenters. The fraction of sp³-hybridized carbons (Fsp3) is 0.174. The van der Waals surface area contributed by atoms with Crippen molar-refractivity contribution in [3.8, 4) is 5.75 Å². The summed E-state index contributed by atoms with van der Waals surface area (Å²) < 4.78 is 12.4. The van der Waals surface area contributed by atoms with Crippen LogP contribution in [0.1, 0.15) is 21.5 Å². The average molecular weight is 387 g/mol. The zero-order valence-corrected chi connectivity index (χ0v) is 16.1. The van der Waals surface area contributed by atoms with Gasteiger partial charge in [-0.25, -0.2) is 9.48 Å². The van der Waals surface area contributed by atoms with Crippen LogP contribution < -0.4 is 4.74 Å². The van der Waals surface area contributed by atoms with Crippen molar-refractivity contribution >= 4 is 17.0 Å². The Kier molecular flexibility index (Phi) is 5.52. The van der Waals surface area contributed by atoms with Crippen molar-refractivity contribution in [2.24, 2.45) is 0 Å². The van der Waals surface area contributed by atoms with Crippen LogP contribution in [0.15, 0.2) is 72.8 Å². The van der Waals surface area contributed by atoms with Crippen LogP contribution in [0.3, 0.4) is 0 Å². The minimum absolute atomic E-state index is 0.323. The fourth-order valence-electron chi connectivity index (χ4n) is 3.09. The number of carbonyl (C=O) groups is 1. The molecule has 0 unspecified atom stereocenters. The van der Waals surface area contributed by atoms with E-state index in [0.717, 1.165) is 27.9 Å². The van der Waals surface area contributed by atoms with Crippen molar-refractivity contribution in [2.45, 2.75) is 13.0 Å². The molecule has 0 aliphatic rings. The van der Waals surface area contributed by atoms with Crippen molar-refractivity contribution in [3.63, 3.8) is 0 Å². The van der Waals surface area contributed by atoms with Crippen LogP contribution >= 0.6 is 0 Å². The van der Waals surface area contributed by atoms with Gasteiger partial charge in [-0.05, 0) is 47.5 Å². The fourth-order valence-corrected chi connectivity index (χ4v) is 3.09. The Morgan fingerprint density at radius 1 is 0.931 bits per heavy atom. The number of carbonyl (C=O) groups excluding carboxylic acids is 1. The lowest BCUT2D eigenvalue weighted by molar-refractivity contribution is 0.0509. The van der Waals surface area contributed by atoms with Gasteiger partial charge >= 0.3 is 5.97 Å². The van der Waals surface area contributed by atoms with Gasteiger partial charge in [0.2, 0.25) is 0 Å². The highest BCUT2D eigenvalue weighted by Crippen LogP contribution is 2.14. The Hall–Kier alpha value is -3.67. The van der Waals surface area contributed by atoms with E-state index in [0.29, 0.717) is 25.1 Å². The van der Waals surface area contributed by atoms with Crippen LogP contribution in [0.2, 0.25) is 0 Å². The van der Waals surface area contributed by atoms with Gasteiger partial charge in [-0.3, -0.25) is 0 Å². The maximum Gasteiger partial charge on any atom is 0.338 e. The summed E-state index contributed by atoms with van der Waals surface area (Å²) in [4.78, 5) is 12.3. The largest absolute Gasteiger partial charge is 0.497 e. The summed E-state index contributed by atoms with van der Waals surface area (Å²) in [6.07, 6.45) is 0.660. The number of rotatable bonds is 7. The second-order valence-electron chi connectivity index (χ2n) is 6.67. The van der Waals surface area contributed by atoms with Crippen LogP contribution in [0.5, 0.6) is 5.75 Å². The molecule has 4 rings (SSSR count). The molecule has 1 aromatic heterocycles. The molecule has 4 aromatic rings. The van der Waals surface area contributed by atoms with Gasteiger partial charge in [0.1, 0.15) is 11.3 Å². The number of benzene rings is 3. The molecule has 6 nitrogen and oxygen atoms in total. The highest BCUT2D eigenvalue weighted by molar-refractivity contribution is 5.89. The maximum absolute atomic E-state index is 12.3. The first-order valence-corrected chi connectivity index (χ1v) is 9.40. The zero-order valence-electron chi connectivity index (χ0n) is 16.1. The summed E-state index contributed by atoms with van der Waals surface area (Å²) >= 11 is 0. The van der Waals surface area contributed by atoms with E-state index in [9.17, 15) is 4.79 Å². The minimum atomic E-state index is -0.323. The lowest BCUT2D eigenvalue weighted by atomic mass is 10.1. The molecule has 6 heteroatoms. The monoisotopic (exact) mass is 387 g/mol. The van der Waals surface area contributed by atoms with Crippen LogP contribution in [0.25, 0.3) is 11.0 Å². The molecule has 146 valence electrons. The van der Waals surface area contributed by atoms with Crippen molar-refractivity contribution in [1.82, 2.24) is 15.0 Å². The van der Waals surface area contributed by atoms with E-state index in [-0.39, 0.29) is 5.97 Å². The molecular weight excluding hydrogens is 366 g/mol. The van der Waals surface area contributed by atoms with Gasteiger partial charge in [0.15, 0.2) is 0 Å². The number of ether oxygens (including phenoxy) is 2. The second kappa shape index (κ2) is 8.56. The van der Waals surface area contributed by atoms with E-state index in [1.165, 1.54) is 0 Å². The number of nitrogens with zero attached hydrogens (tertiary/aromatic N) is 3. The topological polar surface area (TPSA) is 66.2 Å². The molecule has 0 radical (unpaired) electrons. The van der Waals surface area contributed by atoms with Gasteiger partial charge in [0.05, 0.1) is 31.3 Å². The summed E-state index contributed by atoms with van der Waals surface area (Å²) in [6, 6.07) is 23.0. The summed E-state index contributed by atoms with van der Waals surface area (Å²) in [7, 11) is 1.64. The first kappa shape index (κ1) is 18.7. The second-order valence-corrected chi connectivity index (χ2v) is 6.67. The summed E-state index contributed by atoms with van der Waals surface area (Å²) in [6.45, 7) is 0.922. The maximum atomic E-state index is 12.3. The highest BCUT2D eigenvalue weighted by atomic mass is 16.5. The standard InChI is InChI=1S/C23H21N3O3/c1-28-20-12-8-17(9-13-20)14-15-29-23(27)19-10-6-18(7-11-19)16-26-22-5-3-2-4-21(22)24-25-26/h2-13H,14-16H2,1H3. The van der Waals surface area contributed by atoms with E-state index >= 15 is 0 Å². The van der Waals surface area contributed by atoms with Crippen molar-refractivity contribution in [2.75, 3.05) is 13.7 Å². The van der Waals surface area contributed by atoms with Crippen LogP contribution in [-0.2, 0) is 17.7 Å². The molecular formula is C23H21N3O3. The third-order valence-electron chi connectivity index (χ3n) is 4.73. The number of esters is 1. The zero-order chi connectivity index (χ0) is 20.1. The van der Waals surface area contributed by atoms with Gasteiger partial charge < -0.3 is 9.47 Å². The molecule has 0 saturated carbocycles. The highest BCUT2D eigenvalue weighted by Gasteiger charge is 2.09. The lowest BCUT2D eigenvalue weighted by Gasteiger charge is -2.07. The first-order valence-electron chi connectivity index (χ1n) is 9.40. The third-order valence-corrected chi connectivity index (χ3v) is 4.73. The van der Waals surface area contributed by atoms with Gasteiger partial charge in [-0.1, -0.05) is 41.6 Å². The van der Waals surface area contributed by atoms with E-state index in [1.54, 1.807) is 19.2 Å². The predicted molar refractivity (Wildman–Crippen MR) is 110 cm³/mol. The normalized spacial score (nSPS) is 10.8. The quantitative estimate of drug-likeness (QED) is 0.450. The SMILES string of the molecule is COc1ccc(CCOC(=O)c2ccc(Cn3nnc4ccccc43)cc2)cc1. The van der Waals surface area contributed by atoms with E-state index in [1.807, 2.05) is 65.3 Å². The summed E-state index contributed by atoms with van der Waals surface area (Å²) in [5, 5.41) is 8.36. The van der Waals surface area contributed by atoms with Gasteiger partial charge in [0.25, 0.3) is 0 Å². The van der Waals surface area contributed by atoms with Crippen molar-refractivity contribution < 1.29 is 14.3 Å². The minimum Gasteiger partial charge on any atom is -0.497 e. The number of aromatic nitrogens is 3. The smallest absolute Gasteiger partial charge is 0.338 e. The molecule has 0 fully saturated rings. The molecule has 0 aliphatic heterocycles. The van der Waals surface area contributed by atoms with Crippen molar-refractivity contribution in [1.29, 1.82) is 0 Å². The average Bonchev–Trinajstić information content (AvgIpc) is 3.17. The van der Waals surface area contributed by atoms with Gasteiger partial charge in [0, 0.05) is 6.42 Å². The van der Waals surface area contributed by atoms with Gasteiger partial charge in [-0.15, -0.1) is 5.10 Å². The Morgan fingerprint density at radius 3 is 2.41 bits per heavy atom. The molecule has 0 bridgehead atoms. The molecule has 29 heavy (non-hydrogen) atoms. The lowest BCUT2D eigenvalue weighted by Crippen LogP contribution is -2.08. The molecule has 0 N–H and O–H groups in total. The predicted octanol–water partition coefficient (Wildman–Crippen LogP) is 3.89. The molecule has 0 saturated heterocycles. The first-order chi connectivity index (χ1) is 14.2. The molecule has 0 aliphatic carbocycles. The number of hydrogen-bond acceptors (Lipinski definition) is 5. The summed E-state index contributed by atoms with van der Waals surface area (Å²) in [5.74, 6) is 0.487. The Bertz CT molecular complexity index is 1100. The van der Waals surface area contributed by atoms with E-state index < -0.39 is 0 Å². The third kappa shape index (κ3) is 4.43. The Labute approximate surface area is 168 Å². The van der Waals surface area contributed by atoms with E-state index in [2.05, 4.69) is 10.3 Å². The van der Waals surface area contributed by atoms with Crippen LogP contribution in [0, 0.1) is 0 Å². The van der Waals surface area contributed by atoms with Gasteiger partial charge in [-0.2, -0.15) is 0 Å². The molecule has 0 amide bonds. The number of para-hydroxylation sites is 1. The van der Waals surface area contributed by atoms with Crippen LogP contribution in [0.4, 0.5) is 0 Å². The molecule has 3 aromatic carbocycles. The van der Waals surface area contributed by atoms with E-state index in [4.69, 9.17) is 9.47 Å². The summed E-state index contributed by atoms with van der Waals surface area (Å²) in [5.41, 5.74) is 4.51. The number of hydrogen-bond donors (Lipinski definition) is 0. The number of fused-ring (bicyclic) bond motifs is 1. The Balaban J connectivity index is 1.32. The Morgan fingerprint density at radius 2 is 1.66 bits per heavy atom. The van der Waals surface area contributed by atoms with Crippen molar-refractivity contribution in [3.05, 3.63) is 89.5 Å². The number of methoxy groups -OCH3 is 1. The molecule has 1 heterocycles. The molecule has 0 spiro atoms. The van der Waals surface area contributed by atoms with Crippen LogP contribution in [-0.4, -0.2) is 34.7 Å².